The maximum Gasteiger partial charge on any atom is 0.203 e. The highest BCUT2D eigenvalue weighted by molar-refractivity contribution is 5.63. The second kappa shape index (κ2) is 6.17. The highest BCUT2D eigenvalue weighted by Gasteiger charge is 2.19. The molecule has 1 aliphatic rings. The molecule has 2 aromatic rings. The molecule has 0 aromatic carbocycles. The lowest BCUT2D eigenvalue weighted by Crippen LogP contribution is -2.44. The number of nitrogens with zero attached hydrogens (tertiary/aromatic N) is 5. The molecule has 0 amide bonds. The van der Waals surface area contributed by atoms with Gasteiger partial charge in [-0.1, -0.05) is 13.3 Å². The number of piperidine rings is 1. The van der Waals surface area contributed by atoms with E-state index < -0.39 is 0 Å². The molecule has 6 heteroatoms. The number of hydrogen-bond acceptors (Lipinski definition) is 5. The predicted molar refractivity (Wildman–Crippen MR) is 78.9 cm³/mol. The Kier molecular flexibility index (Phi) is 4.11. The summed E-state index contributed by atoms with van der Waals surface area (Å²) in [7, 11) is 0. The molecule has 1 unspecified atom stereocenters. The molecule has 0 spiro atoms. The Morgan fingerprint density at radius 2 is 2.40 bits per heavy atom. The van der Waals surface area contributed by atoms with E-state index in [0.717, 1.165) is 37.5 Å². The fourth-order valence-corrected chi connectivity index (χ4v) is 2.87. The molecule has 108 valence electrons. The number of nitrogens with one attached hydrogen (secondary N) is 1. The topological polar surface area (TPSA) is 58.4 Å². The summed E-state index contributed by atoms with van der Waals surface area (Å²) in [6.45, 7) is 5.32. The van der Waals surface area contributed by atoms with E-state index in [0.29, 0.717) is 6.04 Å². The molecule has 1 N–H and O–H groups in total. The molecular weight excluding hydrogens is 252 g/mol. The third-order valence-corrected chi connectivity index (χ3v) is 3.84. The molecule has 20 heavy (non-hydrogen) atoms. The Labute approximate surface area is 119 Å². The van der Waals surface area contributed by atoms with Gasteiger partial charge in [-0.2, -0.15) is 0 Å². The van der Waals surface area contributed by atoms with Crippen molar-refractivity contribution >= 4 is 11.5 Å². The van der Waals surface area contributed by atoms with Crippen LogP contribution in [0.15, 0.2) is 18.7 Å². The summed E-state index contributed by atoms with van der Waals surface area (Å²) in [5, 5.41) is 11.8. The summed E-state index contributed by atoms with van der Waals surface area (Å²) in [5.74, 6) is 0.944. The van der Waals surface area contributed by atoms with Crippen LogP contribution in [0.25, 0.3) is 5.65 Å². The van der Waals surface area contributed by atoms with Crippen molar-refractivity contribution in [2.45, 2.75) is 38.6 Å². The van der Waals surface area contributed by atoms with Crippen LogP contribution in [0.1, 0.15) is 32.6 Å². The van der Waals surface area contributed by atoms with Gasteiger partial charge in [-0.25, -0.2) is 4.98 Å². The van der Waals surface area contributed by atoms with Crippen molar-refractivity contribution in [2.24, 2.45) is 0 Å². The highest BCUT2D eigenvalue weighted by Crippen LogP contribution is 2.18. The van der Waals surface area contributed by atoms with Crippen molar-refractivity contribution in [3.8, 4) is 0 Å². The Morgan fingerprint density at radius 3 is 3.20 bits per heavy atom. The molecule has 0 radical (unpaired) electrons. The Balaban J connectivity index is 1.83. The zero-order chi connectivity index (χ0) is 13.8. The maximum atomic E-state index is 4.54. The molecule has 0 bridgehead atoms. The molecule has 0 aliphatic carbocycles. The van der Waals surface area contributed by atoms with Crippen LogP contribution in [0.3, 0.4) is 0 Å². The van der Waals surface area contributed by atoms with Gasteiger partial charge in [0.1, 0.15) is 6.33 Å². The molecule has 1 aliphatic heterocycles. The number of rotatable bonds is 5. The number of aromatic nitrogens is 4. The first-order chi connectivity index (χ1) is 9.88. The summed E-state index contributed by atoms with van der Waals surface area (Å²) in [6.07, 6.45) is 10.4. The van der Waals surface area contributed by atoms with Gasteiger partial charge >= 0.3 is 0 Å². The lowest BCUT2D eigenvalue weighted by atomic mass is 10.0. The van der Waals surface area contributed by atoms with Crippen LogP contribution in [-0.2, 0) is 0 Å². The van der Waals surface area contributed by atoms with Gasteiger partial charge in [0.2, 0.25) is 5.65 Å². The van der Waals surface area contributed by atoms with Crippen molar-refractivity contribution < 1.29 is 0 Å². The zero-order valence-electron chi connectivity index (χ0n) is 12.0. The van der Waals surface area contributed by atoms with Crippen LogP contribution in [-0.4, -0.2) is 45.3 Å². The molecule has 3 heterocycles. The highest BCUT2D eigenvalue weighted by atomic mass is 15.3. The van der Waals surface area contributed by atoms with Gasteiger partial charge in [0.25, 0.3) is 0 Å². The molecule has 6 nitrogen and oxygen atoms in total. The van der Waals surface area contributed by atoms with Crippen molar-refractivity contribution in [3.05, 3.63) is 18.7 Å². The first-order valence-corrected chi connectivity index (χ1v) is 7.51. The van der Waals surface area contributed by atoms with Crippen molar-refractivity contribution in [3.63, 3.8) is 0 Å². The molecule has 0 saturated carbocycles. The predicted octanol–water partition coefficient (Wildman–Crippen LogP) is 1.48. The van der Waals surface area contributed by atoms with E-state index in [2.05, 4.69) is 32.3 Å². The standard InChI is InChI=1S/C14H22N6/c1-2-8-19(10-12-5-3-4-6-15-12)13-14-18-17-11-20(14)9-7-16-13/h7,9,11-12,15H,2-6,8,10H2,1H3. The lowest BCUT2D eigenvalue weighted by Gasteiger charge is -2.31. The minimum Gasteiger partial charge on any atom is -0.352 e. The smallest absolute Gasteiger partial charge is 0.203 e. The second-order valence-corrected chi connectivity index (χ2v) is 5.41. The van der Waals surface area contributed by atoms with Crippen LogP contribution in [0.5, 0.6) is 0 Å². The maximum absolute atomic E-state index is 4.54. The fourth-order valence-electron chi connectivity index (χ4n) is 2.87. The van der Waals surface area contributed by atoms with Gasteiger partial charge in [0, 0.05) is 31.5 Å². The molecule has 1 fully saturated rings. The molecule has 1 saturated heterocycles. The van der Waals surface area contributed by atoms with Gasteiger partial charge in [-0.05, 0) is 25.8 Å². The van der Waals surface area contributed by atoms with Crippen LogP contribution in [0.2, 0.25) is 0 Å². The van der Waals surface area contributed by atoms with E-state index in [1.165, 1.54) is 19.3 Å². The van der Waals surface area contributed by atoms with Crippen LogP contribution >= 0.6 is 0 Å². The molecular formula is C14H22N6. The van der Waals surface area contributed by atoms with Gasteiger partial charge < -0.3 is 10.2 Å². The van der Waals surface area contributed by atoms with Crippen LogP contribution in [0, 0.1) is 0 Å². The fraction of sp³-hybridized carbons (Fsp3) is 0.643. The first-order valence-electron chi connectivity index (χ1n) is 7.51. The third kappa shape index (κ3) is 2.75. The van der Waals surface area contributed by atoms with Gasteiger partial charge in [0.05, 0.1) is 0 Å². The monoisotopic (exact) mass is 274 g/mol. The average molecular weight is 274 g/mol. The molecule has 2 aromatic heterocycles. The van der Waals surface area contributed by atoms with Gasteiger partial charge in [-0.3, -0.25) is 4.40 Å². The van der Waals surface area contributed by atoms with E-state index in [1.807, 2.05) is 16.8 Å². The Hall–Kier alpha value is -1.69. The second-order valence-electron chi connectivity index (χ2n) is 5.41. The van der Waals surface area contributed by atoms with E-state index in [-0.39, 0.29) is 0 Å². The van der Waals surface area contributed by atoms with Crippen molar-refractivity contribution in [2.75, 3.05) is 24.5 Å². The third-order valence-electron chi connectivity index (χ3n) is 3.84. The Bertz CT molecular complexity index is 545. The quantitative estimate of drug-likeness (QED) is 0.895. The Morgan fingerprint density at radius 1 is 1.45 bits per heavy atom. The minimum absolute atomic E-state index is 0.556. The van der Waals surface area contributed by atoms with Crippen molar-refractivity contribution in [1.29, 1.82) is 0 Å². The summed E-state index contributed by atoms with van der Waals surface area (Å²) < 4.78 is 1.93. The van der Waals surface area contributed by atoms with E-state index in [9.17, 15) is 0 Å². The summed E-state index contributed by atoms with van der Waals surface area (Å²) in [6, 6.07) is 0.556. The van der Waals surface area contributed by atoms with E-state index in [1.54, 1.807) is 6.33 Å². The van der Waals surface area contributed by atoms with Gasteiger partial charge in [-0.15, -0.1) is 10.2 Å². The average Bonchev–Trinajstić information content (AvgIpc) is 2.96. The number of hydrogen-bond donors (Lipinski definition) is 1. The molecule has 1 atom stereocenters. The van der Waals surface area contributed by atoms with E-state index in [4.69, 9.17) is 0 Å². The zero-order valence-corrected chi connectivity index (χ0v) is 12.0. The van der Waals surface area contributed by atoms with E-state index >= 15 is 0 Å². The largest absolute Gasteiger partial charge is 0.352 e. The normalized spacial score (nSPS) is 19.4. The summed E-state index contributed by atoms with van der Waals surface area (Å²) in [4.78, 5) is 6.88. The minimum atomic E-state index is 0.556. The van der Waals surface area contributed by atoms with Gasteiger partial charge in [0.15, 0.2) is 5.82 Å². The van der Waals surface area contributed by atoms with Crippen LogP contribution < -0.4 is 10.2 Å². The molecule has 3 rings (SSSR count). The first kappa shape index (κ1) is 13.3. The van der Waals surface area contributed by atoms with Crippen molar-refractivity contribution in [1.82, 2.24) is 24.9 Å². The lowest BCUT2D eigenvalue weighted by molar-refractivity contribution is 0.398. The summed E-state index contributed by atoms with van der Waals surface area (Å²) in [5.41, 5.74) is 0.844. The van der Waals surface area contributed by atoms with Crippen LogP contribution in [0.4, 0.5) is 5.82 Å². The summed E-state index contributed by atoms with van der Waals surface area (Å²) >= 11 is 0. The SMILES string of the molecule is CCCN(CC1CCCCN1)c1nccn2cnnc12. The number of anilines is 1. The number of fused-ring (bicyclic) bond motifs is 1.